The van der Waals surface area contributed by atoms with E-state index in [2.05, 4.69) is 58.0 Å². The van der Waals surface area contributed by atoms with Crippen LogP contribution < -0.4 is 52.6 Å². The maximum Gasteiger partial charge on any atom is 0.251 e. The zero-order chi connectivity index (χ0) is 59.4. The van der Waals surface area contributed by atoms with E-state index in [4.69, 9.17) is 29.6 Å². The number of sulfonamides is 3. The summed E-state index contributed by atoms with van der Waals surface area (Å²) in [4.78, 5) is 89.0. The molecule has 0 saturated carbocycles. The maximum absolute atomic E-state index is 13.6. The van der Waals surface area contributed by atoms with Crippen LogP contribution in [0.25, 0.3) is 0 Å². The Balaban J connectivity index is 1.56. The van der Waals surface area contributed by atoms with E-state index in [0.717, 1.165) is 6.42 Å². The third kappa shape index (κ3) is 27.6. The molecule has 3 aromatic rings. The lowest BCUT2D eigenvalue weighted by molar-refractivity contribution is -0.130. The minimum atomic E-state index is -3.92. The molecule has 7 amide bonds. The van der Waals surface area contributed by atoms with Gasteiger partial charge < -0.3 is 51.4 Å². The zero-order valence-corrected chi connectivity index (χ0v) is 47.7. The number of amides is 7. The van der Waals surface area contributed by atoms with E-state index in [1.807, 2.05) is 0 Å². The lowest BCUT2D eigenvalue weighted by Crippen LogP contribution is -2.58. The summed E-state index contributed by atoms with van der Waals surface area (Å²) < 4.78 is 87.0. The number of carbonyl (C=O) groups is 7. The summed E-state index contributed by atoms with van der Waals surface area (Å²) >= 11 is 0. The SMILES string of the molecule is CC(C)(C)CCCC(=O)NC(COCCC(=O)NCCCNC(=O)c1ccc(S(N)(=O)=O)cc1)(COCCC(=O)NCCCNC(=O)c1ccc(S(N)(=O)=O)cc1)COCCC(=O)NCCCNC(=O)c1ccc(S(N)(=O)=O)cc1. The van der Waals surface area contributed by atoms with Gasteiger partial charge >= 0.3 is 0 Å². The molecule has 0 fully saturated rings. The highest BCUT2D eigenvalue weighted by molar-refractivity contribution is 7.89. The summed E-state index contributed by atoms with van der Waals surface area (Å²) in [5, 5.41) is 34.6. The van der Waals surface area contributed by atoms with Crippen LogP contribution in [0.2, 0.25) is 0 Å². The molecule has 0 aliphatic heterocycles. The van der Waals surface area contributed by atoms with Gasteiger partial charge in [0.05, 0.1) is 54.3 Å². The lowest BCUT2D eigenvalue weighted by atomic mass is 9.90. The fraction of sp³-hybridized carbons (Fsp3) is 0.510. The highest BCUT2D eigenvalue weighted by Gasteiger charge is 2.34. The lowest BCUT2D eigenvalue weighted by Gasteiger charge is -2.34. The smallest absolute Gasteiger partial charge is 0.251 e. The van der Waals surface area contributed by atoms with Crippen LogP contribution in [-0.4, -0.2) is 151 Å². The normalized spacial score (nSPS) is 12.0. The molecule has 3 rings (SSSR count). The number of nitrogens with one attached hydrogen (secondary N) is 7. The van der Waals surface area contributed by atoms with Crippen molar-refractivity contribution in [2.45, 2.75) is 98.8 Å². The molecular formula is C51H76N10O16S3. The number of ether oxygens (including phenoxy) is 3. The van der Waals surface area contributed by atoms with Crippen molar-refractivity contribution in [1.82, 2.24) is 37.2 Å². The Morgan fingerprint density at radius 3 is 0.938 bits per heavy atom. The van der Waals surface area contributed by atoms with E-state index in [1.54, 1.807) is 0 Å². The predicted molar refractivity (Wildman–Crippen MR) is 294 cm³/mol. The monoisotopic (exact) mass is 1180 g/mol. The van der Waals surface area contributed by atoms with Crippen molar-refractivity contribution in [3.63, 3.8) is 0 Å². The molecule has 26 nitrogen and oxygen atoms in total. The number of nitrogens with two attached hydrogens (primary N) is 3. The molecule has 0 heterocycles. The van der Waals surface area contributed by atoms with E-state index in [-0.39, 0.29) is 165 Å². The van der Waals surface area contributed by atoms with Crippen LogP contribution in [0.4, 0.5) is 0 Å². The van der Waals surface area contributed by atoms with Gasteiger partial charge in [0.2, 0.25) is 53.7 Å². The Bertz CT molecular complexity index is 2590. The fourth-order valence-corrected chi connectivity index (χ4v) is 8.73. The van der Waals surface area contributed by atoms with Crippen molar-refractivity contribution in [2.75, 3.05) is 78.9 Å². The summed E-state index contributed by atoms with van der Waals surface area (Å²) in [6.07, 6.45) is 2.29. The van der Waals surface area contributed by atoms with E-state index < -0.39 is 53.3 Å². The van der Waals surface area contributed by atoms with Crippen LogP contribution in [0.1, 0.15) is 110 Å². The number of primary sulfonamides is 3. The van der Waals surface area contributed by atoms with Crippen LogP contribution in [0.3, 0.4) is 0 Å². The van der Waals surface area contributed by atoms with Crippen LogP contribution >= 0.6 is 0 Å². The van der Waals surface area contributed by atoms with E-state index in [1.165, 1.54) is 72.8 Å². The summed E-state index contributed by atoms with van der Waals surface area (Å²) in [7, 11) is -11.8. The van der Waals surface area contributed by atoms with Gasteiger partial charge in [-0.1, -0.05) is 20.8 Å². The van der Waals surface area contributed by atoms with Gasteiger partial charge in [-0.15, -0.1) is 0 Å². The second-order valence-corrected chi connectivity index (χ2v) is 24.4. The average Bonchev–Trinajstić information content (AvgIpc) is 3.39. The highest BCUT2D eigenvalue weighted by Crippen LogP contribution is 2.22. The van der Waals surface area contributed by atoms with Crippen molar-refractivity contribution in [2.24, 2.45) is 20.8 Å². The largest absolute Gasteiger partial charge is 0.378 e. The number of benzene rings is 3. The van der Waals surface area contributed by atoms with Gasteiger partial charge in [0, 0.05) is 81.6 Å². The van der Waals surface area contributed by atoms with Gasteiger partial charge in [-0.3, -0.25) is 33.6 Å². The first-order valence-electron chi connectivity index (χ1n) is 25.6. The van der Waals surface area contributed by atoms with Crippen molar-refractivity contribution in [3.8, 4) is 0 Å². The van der Waals surface area contributed by atoms with Crippen LogP contribution in [0, 0.1) is 5.41 Å². The first-order chi connectivity index (χ1) is 37.6. The molecule has 13 N–H and O–H groups in total. The van der Waals surface area contributed by atoms with Crippen molar-refractivity contribution < 1.29 is 73.0 Å². The van der Waals surface area contributed by atoms with Crippen molar-refractivity contribution in [1.29, 1.82) is 0 Å². The van der Waals surface area contributed by atoms with Gasteiger partial charge in [-0.2, -0.15) is 0 Å². The van der Waals surface area contributed by atoms with E-state index in [0.29, 0.717) is 25.7 Å². The van der Waals surface area contributed by atoms with Gasteiger partial charge in [-0.25, -0.2) is 40.7 Å². The fourth-order valence-electron chi connectivity index (χ4n) is 7.18. The molecular weight excluding hydrogens is 1100 g/mol. The molecule has 3 aromatic carbocycles. The van der Waals surface area contributed by atoms with Crippen LogP contribution in [0.5, 0.6) is 0 Å². The summed E-state index contributed by atoms with van der Waals surface area (Å²) in [6.45, 7) is 6.45. The molecule has 0 aromatic heterocycles. The molecule has 0 aliphatic carbocycles. The molecule has 29 heteroatoms. The molecule has 0 saturated heterocycles. The standard InChI is InChI=1S/C51H76N10O16S3/c1-50(2,3)24-4-8-46(65)61-51(34-75-31-21-43(62)55-25-5-28-58-47(66)37-9-15-40(16-10-37)78(52,69)70,35-76-32-22-44(63)56-26-6-29-59-48(67)38-11-17-41(18-12-38)79(53,71)72)36-77-33-23-45(64)57-27-7-30-60-49(68)39-13-19-42(20-14-39)80(54,73)74/h9-20H,4-8,21-36H2,1-3H3,(H,55,62)(H,56,63)(H,57,64)(H,58,66)(H,59,67)(H,60,68)(H,61,65)(H2,52,69,70)(H2,53,71,72)(H2,54,73,74). The van der Waals surface area contributed by atoms with Gasteiger partial charge in [0.25, 0.3) is 17.7 Å². The number of hydrogen-bond donors (Lipinski definition) is 10. The quantitative estimate of drug-likeness (QED) is 0.0341. The Morgan fingerprint density at radius 2 is 0.675 bits per heavy atom. The number of rotatable bonds is 37. The molecule has 0 aliphatic rings. The van der Waals surface area contributed by atoms with E-state index in [9.17, 15) is 58.8 Å². The minimum absolute atomic E-state index is 0.0457. The Kier molecular flexibility index (Phi) is 28.3. The minimum Gasteiger partial charge on any atom is -0.378 e. The number of hydrogen-bond acceptors (Lipinski definition) is 16. The first-order valence-corrected chi connectivity index (χ1v) is 30.3. The predicted octanol–water partition coefficient (Wildman–Crippen LogP) is 0.0290. The van der Waals surface area contributed by atoms with Crippen LogP contribution in [0.15, 0.2) is 87.5 Å². The summed E-state index contributed by atoms with van der Waals surface area (Å²) in [6, 6.07) is 15.3. The summed E-state index contributed by atoms with van der Waals surface area (Å²) in [5.41, 5.74) is -0.751. The van der Waals surface area contributed by atoms with Gasteiger partial charge in [-0.05, 0) is 110 Å². The zero-order valence-electron chi connectivity index (χ0n) is 45.3. The van der Waals surface area contributed by atoms with Gasteiger partial charge in [0.15, 0.2) is 0 Å². The van der Waals surface area contributed by atoms with Crippen molar-refractivity contribution in [3.05, 3.63) is 89.5 Å². The molecule has 0 atom stereocenters. The average molecular weight is 1180 g/mol. The second kappa shape index (κ2) is 33.3. The molecule has 444 valence electrons. The maximum atomic E-state index is 13.6. The molecule has 80 heavy (non-hydrogen) atoms. The van der Waals surface area contributed by atoms with Crippen LogP contribution in [-0.2, 0) is 63.5 Å². The Morgan fingerprint density at radius 1 is 0.400 bits per heavy atom. The highest BCUT2D eigenvalue weighted by atomic mass is 32.2. The third-order valence-corrected chi connectivity index (χ3v) is 14.3. The third-order valence-electron chi connectivity index (χ3n) is 11.5. The number of carbonyl (C=O) groups excluding carboxylic acids is 7. The Labute approximate surface area is 467 Å². The molecule has 0 radical (unpaired) electrons. The molecule has 0 spiro atoms. The Hall–Kier alpha value is -6.44. The van der Waals surface area contributed by atoms with E-state index >= 15 is 0 Å². The second-order valence-electron chi connectivity index (χ2n) is 19.7. The summed E-state index contributed by atoms with van der Waals surface area (Å²) in [5.74, 6) is -2.78. The van der Waals surface area contributed by atoms with Crippen molar-refractivity contribution >= 4 is 71.4 Å². The molecule has 0 bridgehead atoms. The topological polar surface area (TPSA) is 412 Å². The first kappa shape index (κ1) is 67.8. The molecule has 0 unspecified atom stereocenters. The van der Waals surface area contributed by atoms with Gasteiger partial charge in [0.1, 0.15) is 5.54 Å².